The molecule has 1 aliphatic heterocycles. The Hall–Kier alpha value is -1.55. The number of carbonyl (C=O) groups is 1. The van der Waals surface area contributed by atoms with Gasteiger partial charge < -0.3 is 16.0 Å². The molecule has 18 heavy (non-hydrogen) atoms. The van der Waals surface area contributed by atoms with E-state index < -0.39 is 6.04 Å². The summed E-state index contributed by atoms with van der Waals surface area (Å²) in [6.45, 7) is 6.57. The molecule has 1 aromatic carbocycles. The Morgan fingerprint density at radius 3 is 2.72 bits per heavy atom. The largest absolute Gasteiger partial charge is 0.369 e. The van der Waals surface area contributed by atoms with Crippen LogP contribution in [-0.4, -0.2) is 18.5 Å². The van der Waals surface area contributed by atoms with Crippen LogP contribution in [-0.2, 0) is 4.79 Å². The van der Waals surface area contributed by atoms with Crippen molar-refractivity contribution in [1.29, 1.82) is 0 Å². The lowest BCUT2D eigenvalue weighted by molar-refractivity contribution is -0.116. The van der Waals surface area contributed by atoms with E-state index >= 15 is 0 Å². The molecule has 3 N–H and O–H groups in total. The molecule has 0 aliphatic carbocycles. The SMILES string of the molecule is CCC(C)(C)N(C)c1ccc2c(c1)NC(=O)C2N. The van der Waals surface area contributed by atoms with Crippen molar-refractivity contribution in [2.24, 2.45) is 5.73 Å². The summed E-state index contributed by atoms with van der Waals surface area (Å²) in [6.07, 6.45) is 1.05. The molecule has 1 heterocycles. The summed E-state index contributed by atoms with van der Waals surface area (Å²) >= 11 is 0. The fourth-order valence-corrected chi connectivity index (χ4v) is 2.07. The second-order valence-electron chi connectivity index (χ2n) is 5.46. The van der Waals surface area contributed by atoms with Crippen molar-refractivity contribution >= 4 is 17.3 Å². The van der Waals surface area contributed by atoms with Crippen LogP contribution in [0.2, 0.25) is 0 Å². The minimum absolute atomic E-state index is 0.0823. The molecule has 0 fully saturated rings. The van der Waals surface area contributed by atoms with Crippen LogP contribution in [0.1, 0.15) is 38.8 Å². The third-order valence-electron chi connectivity index (χ3n) is 4.07. The first-order valence-corrected chi connectivity index (χ1v) is 6.31. The van der Waals surface area contributed by atoms with Crippen LogP contribution >= 0.6 is 0 Å². The van der Waals surface area contributed by atoms with E-state index in [9.17, 15) is 4.79 Å². The maximum atomic E-state index is 11.5. The number of nitrogens with zero attached hydrogens (tertiary/aromatic N) is 1. The lowest BCUT2D eigenvalue weighted by Gasteiger charge is -2.37. The van der Waals surface area contributed by atoms with Crippen molar-refractivity contribution in [3.05, 3.63) is 23.8 Å². The fraction of sp³-hybridized carbons (Fsp3) is 0.500. The number of carbonyl (C=O) groups excluding carboxylic acids is 1. The van der Waals surface area contributed by atoms with Gasteiger partial charge in [-0.3, -0.25) is 4.79 Å². The molecule has 1 amide bonds. The first-order valence-electron chi connectivity index (χ1n) is 6.31. The van der Waals surface area contributed by atoms with Gasteiger partial charge in [-0.25, -0.2) is 0 Å². The first-order chi connectivity index (χ1) is 8.36. The van der Waals surface area contributed by atoms with Gasteiger partial charge in [0.1, 0.15) is 6.04 Å². The molecule has 0 aromatic heterocycles. The topological polar surface area (TPSA) is 58.4 Å². The fourth-order valence-electron chi connectivity index (χ4n) is 2.07. The van der Waals surface area contributed by atoms with Crippen molar-refractivity contribution in [3.63, 3.8) is 0 Å². The van der Waals surface area contributed by atoms with Crippen LogP contribution in [0.4, 0.5) is 11.4 Å². The molecule has 2 rings (SSSR count). The molecule has 0 saturated carbocycles. The third kappa shape index (κ3) is 1.97. The number of anilines is 2. The van der Waals surface area contributed by atoms with E-state index in [4.69, 9.17) is 5.73 Å². The molecule has 1 unspecified atom stereocenters. The lowest BCUT2D eigenvalue weighted by Crippen LogP contribution is -2.40. The predicted octanol–water partition coefficient (Wildman–Crippen LogP) is 2.26. The monoisotopic (exact) mass is 247 g/mol. The number of amides is 1. The summed E-state index contributed by atoms with van der Waals surface area (Å²) in [7, 11) is 2.07. The molecule has 0 bridgehead atoms. The average molecular weight is 247 g/mol. The Balaban J connectivity index is 2.34. The highest BCUT2D eigenvalue weighted by molar-refractivity contribution is 6.02. The van der Waals surface area contributed by atoms with Gasteiger partial charge in [0.15, 0.2) is 0 Å². The maximum Gasteiger partial charge on any atom is 0.245 e. The number of rotatable bonds is 3. The summed E-state index contributed by atoms with van der Waals surface area (Å²) in [4.78, 5) is 13.7. The van der Waals surface area contributed by atoms with Gasteiger partial charge in [0.05, 0.1) is 0 Å². The number of benzene rings is 1. The molecular weight excluding hydrogens is 226 g/mol. The van der Waals surface area contributed by atoms with E-state index in [-0.39, 0.29) is 11.4 Å². The molecule has 98 valence electrons. The summed E-state index contributed by atoms with van der Waals surface area (Å²) < 4.78 is 0. The predicted molar refractivity (Wildman–Crippen MR) is 74.8 cm³/mol. The number of hydrogen-bond donors (Lipinski definition) is 2. The van der Waals surface area contributed by atoms with E-state index in [0.717, 1.165) is 23.4 Å². The summed E-state index contributed by atoms with van der Waals surface area (Å²) in [6, 6.07) is 5.43. The van der Waals surface area contributed by atoms with E-state index in [1.54, 1.807) is 0 Å². The van der Waals surface area contributed by atoms with E-state index in [0.29, 0.717) is 0 Å². The number of fused-ring (bicyclic) bond motifs is 1. The Kier molecular flexibility index (Phi) is 3.07. The molecule has 0 radical (unpaired) electrons. The molecule has 4 heteroatoms. The zero-order valence-electron chi connectivity index (χ0n) is 11.4. The Morgan fingerprint density at radius 1 is 1.44 bits per heavy atom. The summed E-state index contributed by atoms with van der Waals surface area (Å²) in [5, 5.41) is 2.82. The number of nitrogens with one attached hydrogen (secondary N) is 1. The van der Waals surface area contributed by atoms with Crippen LogP contribution in [0.15, 0.2) is 18.2 Å². The number of hydrogen-bond acceptors (Lipinski definition) is 3. The van der Waals surface area contributed by atoms with Crippen molar-refractivity contribution in [3.8, 4) is 0 Å². The Labute approximate surface area is 108 Å². The summed E-state index contributed by atoms with van der Waals surface area (Å²) in [5.41, 5.74) is 8.70. The average Bonchev–Trinajstić information content (AvgIpc) is 2.63. The van der Waals surface area contributed by atoms with E-state index in [2.05, 4.69) is 38.0 Å². The molecule has 1 aromatic rings. The van der Waals surface area contributed by atoms with Crippen LogP contribution in [0.25, 0.3) is 0 Å². The normalized spacial score (nSPS) is 18.5. The first kappa shape index (κ1) is 12.9. The van der Waals surface area contributed by atoms with Crippen molar-refractivity contribution in [2.45, 2.75) is 38.8 Å². The molecular formula is C14H21N3O. The standard InChI is InChI=1S/C14H21N3O/c1-5-14(2,3)17(4)9-6-7-10-11(8-9)16-13(18)12(10)15/h6-8,12H,5,15H2,1-4H3,(H,16,18). The van der Waals surface area contributed by atoms with Crippen molar-refractivity contribution in [2.75, 3.05) is 17.3 Å². The summed E-state index contributed by atoms with van der Waals surface area (Å²) in [5.74, 6) is -0.125. The zero-order valence-corrected chi connectivity index (χ0v) is 11.4. The van der Waals surface area contributed by atoms with Gasteiger partial charge in [0.2, 0.25) is 5.91 Å². The smallest absolute Gasteiger partial charge is 0.245 e. The Morgan fingerprint density at radius 2 is 2.11 bits per heavy atom. The van der Waals surface area contributed by atoms with E-state index in [1.165, 1.54) is 0 Å². The van der Waals surface area contributed by atoms with E-state index in [1.807, 2.05) is 18.2 Å². The third-order valence-corrected chi connectivity index (χ3v) is 4.07. The van der Waals surface area contributed by atoms with Gasteiger partial charge in [0.25, 0.3) is 0 Å². The van der Waals surface area contributed by atoms with Crippen LogP contribution in [0, 0.1) is 0 Å². The molecule has 4 nitrogen and oxygen atoms in total. The lowest BCUT2D eigenvalue weighted by atomic mass is 9.98. The highest BCUT2D eigenvalue weighted by atomic mass is 16.2. The Bertz CT molecular complexity index is 482. The van der Waals surface area contributed by atoms with Gasteiger partial charge in [-0.2, -0.15) is 0 Å². The van der Waals surface area contributed by atoms with Gasteiger partial charge in [-0.15, -0.1) is 0 Å². The molecule has 0 spiro atoms. The zero-order chi connectivity index (χ0) is 13.5. The maximum absolute atomic E-state index is 11.5. The van der Waals surface area contributed by atoms with Crippen LogP contribution in [0.3, 0.4) is 0 Å². The second-order valence-corrected chi connectivity index (χ2v) is 5.46. The molecule has 1 atom stereocenters. The van der Waals surface area contributed by atoms with Gasteiger partial charge >= 0.3 is 0 Å². The van der Waals surface area contributed by atoms with Crippen LogP contribution < -0.4 is 16.0 Å². The van der Waals surface area contributed by atoms with Crippen LogP contribution in [0.5, 0.6) is 0 Å². The molecule has 0 saturated heterocycles. The molecule has 1 aliphatic rings. The number of nitrogens with two attached hydrogens (primary N) is 1. The second kappa shape index (κ2) is 4.28. The van der Waals surface area contributed by atoms with Crippen molar-refractivity contribution in [1.82, 2.24) is 0 Å². The quantitative estimate of drug-likeness (QED) is 0.861. The van der Waals surface area contributed by atoms with Gasteiger partial charge in [-0.05, 0) is 32.4 Å². The highest BCUT2D eigenvalue weighted by Gasteiger charge is 2.28. The minimum Gasteiger partial charge on any atom is -0.369 e. The van der Waals surface area contributed by atoms with Gasteiger partial charge in [-0.1, -0.05) is 13.0 Å². The van der Waals surface area contributed by atoms with Crippen molar-refractivity contribution < 1.29 is 4.79 Å². The minimum atomic E-state index is -0.529. The van der Waals surface area contributed by atoms with Gasteiger partial charge in [0, 0.05) is 29.5 Å². The highest BCUT2D eigenvalue weighted by Crippen LogP contribution is 2.34.